The third kappa shape index (κ3) is 1.33. The maximum Gasteiger partial charge on any atom is 0.195 e. The van der Waals surface area contributed by atoms with Crippen molar-refractivity contribution in [2.24, 2.45) is 0 Å². The maximum absolute atomic E-state index is 12.6. The van der Waals surface area contributed by atoms with Crippen LogP contribution in [0.4, 0.5) is 0 Å². The fourth-order valence-electron chi connectivity index (χ4n) is 2.85. The van der Waals surface area contributed by atoms with Gasteiger partial charge in [-0.25, -0.2) is 0 Å². The van der Waals surface area contributed by atoms with E-state index >= 15 is 0 Å². The average molecular weight is 265 g/mol. The van der Waals surface area contributed by atoms with Gasteiger partial charge in [-0.2, -0.15) is 0 Å². The zero-order valence-corrected chi connectivity index (χ0v) is 10.7. The van der Waals surface area contributed by atoms with E-state index < -0.39 is 0 Å². The van der Waals surface area contributed by atoms with E-state index in [-0.39, 0.29) is 5.78 Å². The molecule has 0 bridgehead atoms. The monoisotopic (exact) mass is 264 g/mol. The maximum atomic E-state index is 12.6. The number of rotatable bonds is 0. The number of fused-ring (bicyclic) bond motifs is 2. The zero-order valence-electron chi connectivity index (χ0n) is 9.98. The zero-order chi connectivity index (χ0) is 13.0. The summed E-state index contributed by atoms with van der Waals surface area (Å²) in [5.74, 6) is 0.0184. The second-order valence-corrected chi connectivity index (χ2v) is 5.11. The van der Waals surface area contributed by atoms with Gasteiger partial charge in [-0.05, 0) is 22.6 Å². The van der Waals surface area contributed by atoms with Crippen LogP contribution in [0.1, 0.15) is 15.9 Å². The molecule has 0 saturated carbocycles. The quantitative estimate of drug-likeness (QED) is 0.450. The number of ketones is 1. The lowest BCUT2D eigenvalue weighted by molar-refractivity contribution is 0.104. The van der Waals surface area contributed by atoms with Crippen molar-refractivity contribution in [2.45, 2.75) is 0 Å². The molecular weight excluding hydrogens is 256 g/mol. The normalized spacial score (nSPS) is 12.6. The molecule has 1 nitrogen and oxygen atoms in total. The van der Waals surface area contributed by atoms with Crippen molar-refractivity contribution in [3.63, 3.8) is 0 Å². The Bertz CT molecular complexity index is 849. The molecule has 0 aliphatic heterocycles. The molecule has 0 unspecified atom stereocenters. The van der Waals surface area contributed by atoms with E-state index in [2.05, 4.69) is 0 Å². The summed E-state index contributed by atoms with van der Waals surface area (Å²) in [5, 5.41) is 2.55. The van der Waals surface area contributed by atoms with Crippen LogP contribution in [-0.4, -0.2) is 5.78 Å². The molecule has 0 aromatic heterocycles. The number of hydrogen-bond donors (Lipinski definition) is 0. The Kier molecular flexibility index (Phi) is 2.09. The van der Waals surface area contributed by atoms with Crippen LogP contribution in [0.5, 0.6) is 0 Å². The van der Waals surface area contributed by atoms with Crippen molar-refractivity contribution >= 4 is 28.2 Å². The predicted octanol–water partition coefficient (Wildman–Crippen LogP) is 4.70. The second-order valence-electron chi connectivity index (χ2n) is 4.70. The van der Waals surface area contributed by atoms with E-state index in [1.54, 1.807) is 6.07 Å². The van der Waals surface area contributed by atoms with Gasteiger partial charge in [0.05, 0.1) is 5.02 Å². The molecule has 0 atom stereocenters. The first-order valence-corrected chi connectivity index (χ1v) is 6.50. The number of carbonyl (C=O) groups is 1. The molecule has 19 heavy (non-hydrogen) atoms. The minimum atomic E-state index is 0.0184. The summed E-state index contributed by atoms with van der Waals surface area (Å²) in [5.41, 5.74) is 3.45. The molecular formula is C17H9ClO. The molecule has 90 valence electrons. The Balaban J connectivity index is 2.30. The number of carbonyl (C=O) groups excluding carboxylic acids is 1. The van der Waals surface area contributed by atoms with Gasteiger partial charge in [0.15, 0.2) is 5.78 Å². The smallest absolute Gasteiger partial charge is 0.195 e. The highest BCUT2D eigenvalue weighted by atomic mass is 35.5. The van der Waals surface area contributed by atoms with Gasteiger partial charge >= 0.3 is 0 Å². The molecule has 1 aliphatic rings. The first kappa shape index (κ1) is 10.8. The molecule has 1 aliphatic carbocycles. The number of hydrogen-bond acceptors (Lipinski definition) is 1. The molecule has 0 amide bonds. The van der Waals surface area contributed by atoms with Crippen LogP contribution in [0.15, 0.2) is 54.6 Å². The first-order chi connectivity index (χ1) is 9.27. The van der Waals surface area contributed by atoms with Crippen LogP contribution in [-0.2, 0) is 0 Å². The van der Waals surface area contributed by atoms with Crippen molar-refractivity contribution in [1.82, 2.24) is 0 Å². The Morgan fingerprint density at radius 2 is 1.47 bits per heavy atom. The van der Waals surface area contributed by atoms with Gasteiger partial charge in [-0.15, -0.1) is 0 Å². The van der Waals surface area contributed by atoms with Gasteiger partial charge in [-0.1, -0.05) is 60.1 Å². The van der Waals surface area contributed by atoms with Crippen LogP contribution in [0.25, 0.3) is 21.9 Å². The lowest BCUT2D eigenvalue weighted by Gasteiger charge is -2.20. The van der Waals surface area contributed by atoms with Gasteiger partial charge < -0.3 is 0 Å². The average Bonchev–Trinajstić information content (AvgIpc) is 2.45. The van der Waals surface area contributed by atoms with Crippen LogP contribution in [0, 0.1) is 0 Å². The van der Waals surface area contributed by atoms with E-state index in [0.29, 0.717) is 10.6 Å². The SMILES string of the molecule is O=C1c2ccccc2-c2cccc3ccc(Cl)c1c23. The van der Waals surface area contributed by atoms with Crippen molar-refractivity contribution < 1.29 is 4.79 Å². The predicted molar refractivity (Wildman–Crippen MR) is 77.8 cm³/mol. The fraction of sp³-hybridized carbons (Fsp3) is 0. The second kappa shape index (κ2) is 3.69. The molecule has 0 saturated heterocycles. The summed E-state index contributed by atoms with van der Waals surface area (Å²) in [4.78, 5) is 12.6. The van der Waals surface area contributed by atoms with Gasteiger partial charge in [-0.3, -0.25) is 4.79 Å². The molecule has 0 heterocycles. The highest BCUT2D eigenvalue weighted by Gasteiger charge is 2.26. The van der Waals surface area contributed by atoms with Crippen LogP contribution >= 0.6 is 11.6 Å². The van der Waals surface area contributed by atoms with Crippen molar-refractivity contribution in [2.75, 3.05) is 0 Å². The van der Waals surface area contributed by atoms with Gasteiger partial charge in [0, 0.05) is 16.5 Å². The van der Waals surface area contributed by atoms with E-state index in [0.717, 1.165) is 27.5 Å². The highest BCUT2D eigenvalue weighted by molar-refractivity contribution is 6.39. The Morgan fingerprint density at radius 3 is 2.32 bits per heavy atom. The van der Waals surface area contributed by atoms with Crippen molar-refractivity contribution in [3.05, 3.63) is 70.7 Å². The molecule has 0 radical (unpaired) electrons. The summed E-state index contributed by atoms with van der Waals surface area (Å²) < 4.78 is 0. The molecule has 3 aromatic rings. The minimum absolute atomic E-state index is 0.0184. The summed E-state index contributed by atoms with van der Waals surface area (Å²) in [6.45, 7) is 0. The highest BCUT2D eigenvalue weighted by Crippen LogP contribution is 2.41. The molecule has 0 spiro atoms. The standard InChI is InChI=1S/C17H9ClO/c18-14-9-8-10-4-3-7-12-11-5-1-2-6-13(11)17(19)16(14)15(10)12/h1-9H. The lowest BCUT2D eigenvalue weighted by atomic mass is 9.83. The Morgan fingerprint density at radius 1 is 0.737 bits per heavy atom. The van der Waals surface area contributed by atoms with Crippen LogP contribution in [0.3, 0.4) is 0 Å². The largest absolute Gasteiger partial charge is 0.289 e. The third-order valence-corrected chi connectivity index (χ3v) is 4.00. The molecule has 0 N–H and O–H groups in total. The third-order valence-electron chi connectivity index (χ3n) is 3.68. The van der Waals surface area contributed by atoms with E-state index in [4.69, 9.17) is 11.6 Å². The topological polar surface area (TPSA) is 17.1 Å². The number of benzene rings is 3. The van der Waals surface area contributed by atoms with Gasteiger partial charge in [0.2, 0.25) is 0 Å². The summed E-state index contributed by atoms with van der Waals surface area (Å²) in [6, 6.07) is 17.5. The summed E-state index contributed by atoms with van der Waals surface area (Å²) in [6.07, 6.45) is 0. The minimum Gasteiger partial charge on any atom is -0.289 e. The van der Waals surface area contributed by atoms with E-state index in [1.165, 1.54) is 0 Å². The van der Waals surface area contributed by atoms with Gasteiger partial charge in [0.25, 0.3) is 0 Å². The van der Waals surface area contributed by atoms with Gasteiger partial charge in [0.1, 0.15) is 0 Å². The Labute approximate surface area is 115 Å². The molecule has 4 rings (SSSR count). The molecule has 3 aromatic carbocycles. The summed E-state index contributed by atoms with van der Waals surface area (Å²) >= 11 is 6.25. The fourth-order valence-corrected chi connectivity index (χ4v) is 3.09. The lowest BCUT2D eigenvalue weighted by Crippen LogP contribution is -2.10. The van der Waals surface area contributed by atoms with Crippen LogP contribution in [0.2, 0.25) is 5.02 Å². The van der Waals surface area contributed by atoms with Crippen molar-refractivity contribution in [1.29, 1.82) is 0 Å². The molecule has 2 heteroatoms. The number of halogens is 1. The first-order valence-electron chi connectivity index (χ1n) is 6.13. The van der Waals surface area contributed by atoms with E-state index in [9.17, 15) is 4.79 Å². The molecule has 0 fully saturated rings. The van der Waals surface area contributed by atoms with Crippen molar-refractivity contribution in [3.8, 4) is 11.1 Å². The van der Waals surface area contributed by atoms with E-state index in [1.807, 2.05) is 48.5 Å². The Hall–Kier alpha value is -2.12. The van der Waals surface area contributed by atoms with Crippen LogP contribution < -0.4 is 0 Å². The summed E-state index contributed by atoms with van der Waals surface area (Å²) in [7, 11) is 0.